The highest BCUT2D eigenvalue weighted by molar-refractivity contribution is 8.26. The Morgan fingerprint density at radius 1 is 1.10 bits per heavy atom. The number of para-hydroxylation sites is 1. The molecule has 0 spiro atoms. The van der Waals surface area contributed by atoms with Gasteiger partial charge in [0.1, 0.15) is 10.9 Å². The summed E-state index contributed by atoms with van der Waals surface area (Å²) in [6, 6.07) is 13.9. The van der Waals surface area contributed by atoms with Gasteiger partial charge in [0.15, 0.2) is 0 Å². The van der Waals surface area contributed by atoms with E-state index in [4.69, 9.17) is 23.8 Å². The van der Waals surface area contributed by atoms with Gasteiger partial charge in [-0.05, 0) is 30.7 Å². The number of halogens is 1. The molecule has 2 aromatic rings. The van der Waals surface area contributed by atoms with Gasteiger partial charge in [-0.1, -0.05) is 66.8 Å². The molecule has 2 aromatic carbocycles. The Morgan fingerprint density at radius 2 is 1.87 bits per heavy atom. The summed E-state index contributed by atoms with van der Waals surface area (Å²) in [6.07, 6.45) is 0.759. The number of rotatable bonds is 5. The Balaban J connectivity index is 1.65. The summed E-state index contributed by atoms with van der Waals surface area (Å²) in [6.45, 7) is 2.27. The number of thioether (sulfide) groups is 1. The van der Waals surface area contributed by atoms with Gasteiger partial charge in [-0.3, -0.25) is 24.2 Å². The molecule has 31 heavy (non-hydrogen) atoms. The maximum absolute atomic E-state index is 13.3. The van der Waals surface area contributed by atoms with Gasteiger partial charge >= 0.3 is 0 Å². The average Bonchev–Trinajstić information content (AvgIpc) is 3.16. The predicted molar refractivity (Wildman–Crippen MR) is 128 cm³/mol. The molecule has 3 amide bonds. The number of amides is 3. The third-order valence-electron chi connectivity index (χ3n) is 4.86. The van der Waals surface area contributed by atoms with E-state index < -0.39 is 0 Å². The van der Waals surface area contributed by atoms with Gasteiger partial charge in [-0.25, -0.2) is 0 Å². The number of hydrogen-bond acceptors (Lipinski definition) is 5. The summed E-state index contributed by atoms with van der Waals surface area (Å²) in [4.78, 5) is 42.2. The van der Waals surface area contributed by atoms with Crippen LogP contribution in [0.15, 0.2) is 53.4 Å². The van der Waals surface area contributed by atoms with Crippen molar-refractivity contribution in [3.8, 4) is 0 Å². The van der Waals surface area contributed by atoms with Gasteiger partial charge in [-0.15, -0.1) is 0 Å². The van der Waals surface area contributed by atoms with Crippen LogP contribution < -0.4 is 10.2 Å². The number of carbonyl (C=O) groups excluding carboxylic acids is 3. The molecule has 6 nitrogen and oxygen atoms in total. The van der Waals surface area contributed by atoms with E-state index in [1.165, 1.54) is 9.80 Å². The average molecular weight is 472 g/mol. The first-order chi connectivity index (χ1) is 14.9. The SMILES string of the molecule is CCCN1C(=O)/C(=C2\C(=O)N(CC(=O)Nc3cccc(Cl)c3)c3ccccc32)SC1=S. The Morgan fingerprint density at radius 3 is 2.61 bits per heavy atom. The van der Waals surface area contributed by atoms with Gasteiger partial charge < -0.3 is 5.32 Å². The smallest absolute Gasteiger partial charge is 0.267 e. The fraction of sp³-hybridized carbons (Fsp3) is 0.182. The fourth-order valence-corrected chi connectivity index (χ4v) is 5.10. The first kappa shape index (κ1) is 21.5. The summed E-state index contributed by atoms with van der Waals surface area (Å²) >= 11 is 12.5. The van der Waals surface area contributed by atoms with Crippen LogP contribution in [0.3, 0.4) is 0 Å². The molecule has 0 saturated carbocycles. The van der Waals surface area contributed by atoms with Crippen LogP contribution in [0.4, 0.5) is 11.4 Å². The molecule has 9 heteroatoms. The number of anilines is 2. The molecule has 158 valence electrons. The summed E-state index contributed by atoms with van der Waals surface area (Å²) in [5, 5.41) is 3.25. The third kappa shape index (κ3) is 4.11. The zero-order valence-electron chi connectivity index (χ0n) is 16.6. The van der Waals surface area contributed by atoms with Crippen molar-refractivity contribution in [3.63, 3.8) is 0 Å². The molecule has 1 N–H and O–H groups in total. The van der Waals surface area contributed by atoms with E-state index in [1.54, 1.807) is 48.5 Å². The summed E-state index contributed by atoms with van der Waals surface area (Å²) in [5.74, 6) is -1.02. The van der Waals surface area contributed by atoms with Crippen molar-refractivity contribution < 1.29 is 14.4 Å². The number of nitrogens with zero attached hydrogens (tertiary/aromatic N) is 2. The maximum atomic E-state index is 13.3. The molecule has 0 bridgehead atoms. The lowest BCUT2D eigenvalue weighted by Crippen LogP contribution is -2.35. The van der Waals surface area contributed by atoms with E-state index in [0.717, 1.165) is 18.2 Å². The van der Waals surface area contributed by atoms with E-state index in [0.29, 0.717) is 43.3 Å². The normalized spacial score (nSPS) is 18.1. The predicted octanol–water partition coefficient (Wildman–Crippen LogP) is 4.31. The van der Waals surface area contributed by atoms with Gasteiger partial charge in [0.25, 0.3) is 11.8 Å². The van der Waals surface area contributed by atoms with Crippen LogP contribution in [-0.2, 0) is 14.4 Å². The highest BCUT2D eigenvalue weighted by atomic mass is 35.5. The molecule has 0 aromatic heterocycles. The molecule has 2 aliphatic heterocycles. The summed E-state index contributed by atoms with van der Waals surface area (Å²) in [5.41, 5.74) is 2.05. The number of hydrogen-bond donors (Lipinski definition) is 1. The summed E-state index contributed by atoms with van der Waals surface area (Å²) in [7, 11) is 0. The molecular weight excluding hydrogens is 454 g/mol. The van der Waals surface area contributed by atoms with Crippen molar-refractivity contribution in [2.24, 2.45) is 0 Å². The van der Waals surface area contributed by atoms with Gasteiger partial charge in [0.2, 0.25) is 5.91 Å². The van der Waals surface area contributed by atoms with E-state index in [9.17, 15) is 14.4 Å². The van der Waals surface area contributed by atoms with Crippen molar-refractivity contribution >= 4 is 74.6 Å². The van der Waals surface area contributed by atoms with Crippen molar-refractivity contribution in [2.45, 2.75) is 13.3 Å². The Labute approximate surface area is 194 Å². The molecular formula is C22H18ClN3O3S2. The molecule has 1 saturated heterocycles. The lowest BCUT2D eigenvalue weighted by atomic mass is 10.1. The fourth-order valence-electron chi connectivity index (χ4n) is 3.53. The molecule has 2 heterocycles. The minimum atomic E-state index is -0.389. The van der Waals surface area contributed by atoms with Crippen LogP contribution in [-0.4, -0.2) is 40.0 Å². The minimum Gasteiger partial charge on any atom is -0.324 e. The van der Waals surface area contributed by atoms with Crippen LogP contribution in [0.1, 0.15) is 18.9 Å². The second kappa shape index (κ2) is 8.82. The zero-order chi connectivity index (χ0) is 22.1. The Kier molecular flexibility index (Phi) is 6.13. The second-order valence-corrected chi connectivity index (χ2v) is 9.08. The largest absolute Gasteiger partial charge is 0.324 e. The standard InChI is InChI=1S/C22H18ClN3O3S2/c1-2-10-25-21(29)19(31-22(25)30)18-15-8-3-4-9-16(15)26(20(18)28)12-17(27)24-14-7-5-6-13(23)11-14/h3-9,11H,2,10,12H2,1H3,(H,24,27)/b19-18+. The van der Waals surface area contributed by atoms with E-state index in [1.807, 2.05) is 6.92 Å². The third-order valence-corrected chi connectivity index (χ3v) is 6.54. The lowest BCUT2D eigenvalue weighted by Gasteiger charge is -2.17. The number of thiocarbonyl (C=S) groups is 1. The van der Waals surface area contributed by atoms with Gasteiger partial charge in [0, 0.05) is 22.8 Å². The molecule has 0 radical (unpaired) electrons. The minimum absolute atomic E-state index is 0.193. The lowest BCUT2D eigenvalue weighted by molar-refractivity contribution is -0.122. The van der Waals surface area contributed by atoms with Crippen LogP contribution >= 0.6 is 35.6 Å². The van der Waals surface area contributed by atoms with Crippen molar-refractivity contribution in [1.29, 1.82) is 0 Å². The highest BCUT2D eigenvalue weighted by Gasteiger charge is 2.42. The Bertz CT molecular complexity index is 1150. The quantitative estimate of drug-likeness (QED) is 0.520. The monoisotopic (exact) mass is 471 g/mol. The van der Waals surface area contributed by atoms with E-state index in [-0.39, 0.29) is 24.3 Å². The van der Waals surface area contributed by atoms with E-state index in [2.05, 4.69) is 5.32 Å². The number of benzene rings is 2. The summed E-state index contributed by atoms with van der Waals surface area (Å²) < 4.78 is 0.441. The maximum Gasteiger partial charge on any atom is 0.267 e. The van der Waals surface area contributed by atoms with Crippen LogP contribution in [0.25, 0.3) is 5.57 Å². The van der Waals surface area contributed by atoms with Crippen LogP contribution in [0.5, 0.6) is 0 Å². The van der Waals surface area contributed by atoms with Crippen molar-refractivity contribution in [2.75, 3.05) is 23.3 Å². The van der Waals surface area contributed by atoms with Crippen LogP contribution in [0.2, 0.25) is 5.02 Å². The van der Waals surface area contributed by atoms with Crippen molar-refractivity contribution in [1.82, 2.24) is 4.90 Å². The number of nitrogens with one attached hydrogen (secondary N) is 1. The van der Waals surface area contributed by atoms with Gasteiger partial charge in [0.05, 0.1) is 16.2 Å². The number of fused-ring (bicyclic) bond motifs is 1. The molecule has 0 aliphatic carbocycles. The molecule has 2 aliphatic rings. The molecule has 4 rings (SSSR count). The Hall–Kier alpha value is -2.68. The van der Waals surface area contributed by atoms with Crippen molar-refractivity contribution in [3.05, 3.63) is 64.0 Å². The number of carbonyl (C=O) groups is 3. The topological polar surface area (TPSA) is 69.7 Å². The highest BCUT2D eigenvalue weighted by Crippen LogP contribution is 2.44. The molecule has 0 atom stereocenters. The van der Waals surface area contributed by atoms with E-state index >= 15 is 0 Å². The molecule has 0 unspecified atom stereocenters. The first-order valence-corrected chi connectivity index (χ1v) is 11.3. The van der Waals surface area contributed by atoms with Crippen LogP contribution in [0, 0.1) is 0 Å². The zero-order valence-corrected chi connectivity index (χ0v) is 18.9. The molecule has 1 fully saturated rings. The first-order valence-electron chi connectivity index (χ1n) is 9.65. The second-order valence-electron chi connectivity index (χ2n) is 7.00. The van der Waals surface area contributed by atoms with Gasteiger partial charge in [-0.2, -0.15) is 0 Å².